The molecule has 20 heavy (non-hydrogen) atoms. The van der Waals surface area contributed by atoms with E-state index in [1.165, 1.54) is 4.90 Å². The second kappa shape index (κ2) is 5.90. The largest absolute Gasteiger partial charge is 0.478 e. The summed E-state index contributed by atoms with van der Waals surface area (Å²) in [6.45, 7) is 5.71. The number of carbonyl (C=O) groups excluding carboxylic acids is 1. The molecule has 2 amide bonds. The van der Waals surface area contributed by atoms with Crippen LogP contribution in [0.4, 0.5) is 14.9 Å². The Labute approximate surface area is 117 Å². The molecule has 0 saturated carbocycles. The quantitative estimate of drug-likeness (QED) is 0.891. The first kappa shape index (κ1) is 15.9. The number of carboxylic acid groups (broad SMARTS) is 1. The van der Waals surface area contributed by atoms with Gasteiger partial charge < -0.3 is 15.3 Å². The van der Waals surface area contributed by atoms with Crippen molar-refractivity contribution in [2.75, 3.05) is 12.4 Å². The Hall–Kier alpha value is -2.11. The number of hydrogen-bond acceptors (Lipinski definition) is 2. The Morgan fingerprint density at radius 2 is 2.00 bits per heavy atom. The summed E-state index contributed by atoms with van der Waals surface area (Å²) in [6.07, 6.45) is 0.728. The number of anilines is 1. The number of nitrogens with one attached hydrogen (secondary N) is 1. The van der Waals surface area contributed by atoms with Gasteiger partial charge in [0.1, 0.15) is 5.82 Å². The summed E-state index contributed by atoms with van der Waals surface area (Å²) < 4.78 is 13.2. The molecule has 0 fully saturated rings. The van der Waals surface area contributed by atoms with Gasteiger partial charge in [-0.05, 0) is 38.5 Å². The lowest BCUT2D eigenvalue weighted by Crippen LogP contribution is -2.46. The van der Waals surface area contributed by atoms with Crippen LogP contribution in [-0.2, 0) is 0 Å². The van der Waals surface area contributed by atoms with Gasteiger partial charge >= 0.3 is 12.0 Å². The van der Waals surface area contributed by atoms with Gasteiger partial charge in [-0.2, -0.15) is 0 Å². The number of urea groups is 1. The fourth-order valence-electron chi connectivity index (χ4n) is 1.52. The summed E-state index contributed by atoms with van der Waals surface area (Å²) in [6, 6.07) is 2.68. The second-order valence-corrected chi connectivity index (χ2v) is 5.15. The van der Waals surface area contributed by atoms with Gasteiger partial charge in [0.05, 0.1) is 11.3 Å². The molecule has 0 aliphatic carbocycles. The van der Waals surface area contributed by atoms with Gasteiger partial charge in [-0.3, -0.25) is 0 Å². The van der Waals surface area contributed by atoms with Crippen molar-refractivity contribution in [1.29, 1.82) is 0 Å². The van der Waals surface area contributed by atoms with Crippen molar-refractivity contribution >= 4 is 17.7 Å². The fourth-order valence-corrected chi connectivity index (χ4v) is 1.52. The van der Waals surface area contributed by atoms with Gasteiger partial charge in [0, 0.05) is 12.6 Å². The zero-order valence-corrected chi connectivity index (χ0v) is 12.0. The maximum atomic E-state index is 13.2. The van der Waals surface area contributed by atoms with E-state index in [0.29, 0.717) is 0 Å². The molecule has 5 nitrogen and oxygen atoms in total. The molecule has 0 spiro atoms. The monoisotopic (exact) mass is 282 g/mol. The summed E-state index contributed by atoms with van der Waals surface area (Å²) >= 11 is 0. The first-order chi connectivity index (χ1) is 9.19. The molecule has 1 rings (SSSR count). The number of nitrogens with zero attached hydrogens (tertiary/aromatic N) is 1. The Balaban J connectivity index is 3.02. The lowest BCUT2D eigenvalue weighted by molar-refractivity contribution is 0.0698. The topological polar surface area (TPSA) is 69.6 Å². The SMILES string of the molecule is CCC(C)(C)N(C)C(=O)Nc1cc(F)ccc1C(=O)O. The number of carboxylic acids is 1. The molecular formula is C14H19FN2O3. The third-order valence-corrected chi connectivity index (χ3v) is 3.53. The maximum absolute atomic E-state index is 13.2. The number of rotatable bonds is 4. The highest BCUT2D eigenvalue weighted by Crippen LogP contribution is 2.21. The van der Waals surface area contributed by atoms with Crippen molar-refractivity contribution < 1.29 is 19.1 Å². The molecule has 110 valence electrons. The molecule has 0 aromatic heterocycles. The summed E-state index contributed by atoms with van der Waals surface area (Å²) in [5, 5.41) is 11.5. The van der Waals surface area contributed by atoms with E-state index in [9.17, 15) is 14.0 Å². The molecule has 0 heterocycles. The molecule has 2 N–H and O–H groups in total. The molecular weight excluding hydrogens is 263 g/mol. The van der Waals surface area contributed by atoms with Crippen LogP contribution in [0.3, 0.4) is 0 Å². The van der Waals surface area contributed by atoms with E-state index in [4.69, 9.17) is 5.11 Å². The van der Waals surface area contributed by atoms with Gasteiger partial charge in [-0.1, -0.05) is 6.92 Å². The number of amides is 2. The van der Waals surface area contributed by atoms with Crippen LogP contribution in [0.2, 0.25) is 0 Å². The van der Waals surface area contributed by atoms with E-state index in [0.717, 1.165) is 24.6 Å². The Bertz CT molecular complexity index is 529. The van der Waals surface area contributed by atoms with Gasteiger partial charge in [-0.25, -0.2) is 14.0 Å². The minimum atomic E-state index is -1.22. The summed E-state index contributed by atoms with van der Waals surface area (Å²) in [5.74, 6) is -1.83. The smallest absolute Gasteiger partial charge is 0.337 e. The van der Waals surface area contributed by atoms with Crippen molar-refractivity contribution in [2.24, 2.45) is 0 Å². The van der Waals surface area contributed by atoms with E-state index in [-0.39, 0.29) is 16.8 Å². The number of carbonyl (C=O) groups is 2. The van der Waals surface area contributed by atoms with Crippen LogP contribution in [0.1, 0.15) is 37.6 Å². The Morgan fingerprint density at radius 1 is 1.40 bits per heavy atom. The van der Waals surface area contributed by atoms with E-state index in [1.54, 1.807) is 7.05 Å². The molecule has 0 bridgehead atoms. The highest BCUT2D eigenvalue weighted by Gasteiger charge is 2.26. The highest BCUT2D eigenvalue weighted by atomic mass is 19.1. The van der Waals surface area contributed by atoms with Crippen molar-refractivity contribution in [3.05, 3.63) is 29.6 Å². The standard InChI is InChI=1S/C14H19FN2O3/c1-5-14(2,3)17(4)13(20)16-11-8-9(15)6-7-10(11)12(18)19/h6-8H,5H2,1-4H3,(H,16,20)(H,18,19). The fraction of sp³-hybridized carbons (Fsp3) is 0.429. The Morgan fingerprint density at radius 3 is 2.50 bits per heavy atom. The highest BCUT2D eigenvalue weighted by molar-refractivity contribution is 6.00. The zero-order valence-electron chi connectivity index (χ0n) is 12.0. The van der Waals surface area contributed by atoms with E-state index < -0.39 is 17.8 Å². The first-order valence-electron chi connectivity index (χ1n) is 6.26. The summed E-state index contributed by atoms with van der Waals surface area (Å²) in [5.41, 5.74) is -0.593. The van der Waals surface area contributed by atoms with Crippen molar-refractivity contribution in [3.63, 3.8) is 0 Å². The van der Waals surface area contributed by atoms with E-state index >= 15 is 0 Å². The third kappa shape index (κ3) is 3.46. The molecule has 0 aliphatic heterocycles. The average molecular weight is 282 g/mol. The van der Waals surface area contributed by atoms with Gasteiger partial charge in [0.2, 0.25) is 0 Å². The van der Waals surface area contributed by atoms with E-state index in [2.05, 4.69) is 5.32 Å². The molecule has 1 aromatic rings. The van der Waals surface area contributed by atoms with Crippen molar-refractivity contribution in [3.8, 4) is 0 Å². The lowest BCUT2D eigenvalue weighted by atomic mass is 10.0. The zero-order chi connectivity index (χ0) is 15.5. The third-order valence-electron chi connectivity index (χ3n) is 3.53. The van der Waals surface area contributed by atoms with Crippen LogP contribution in [-0.4, -0.2) is 34.6 Å². The predicted octanol–water partition coefficient (Wildman–Crippen LogP) is 3.18. The van der Waals surface area contributed by atoms with Gasteiger partial charge in [-0.15, -0.1) is 0 Å². The molecule has 1 aromatic carbocycles. The lowest BCUT2D eigenvalue weighted by Gasteiger charge is -2.34. The molecule has 0 atom stereocenters. The second-order valence-electron chi connectivity index (χ2n) is 5.15. The minimum absolute atomic E-state index is 0.0544. The molecule has 0 unspecified atom stereocenters. The summed E-state index contributed by atoms with van der Waals surface area (Å²) in [4.78, 5) is 24.6. The van der Waals surface area contributed by atoms with Crippen LogP contribution in [0, 0.1) is 5.82 Å². The van der Waals surface area contributed by atoms with Gasteiger partial charge in [0.25, 0.3) is 0 Å². The van der Waals surface area contributed by atoms with Gasteiger partial charge in [0.15, 0.2) is 0 Å². The number of hydrogen-bond donors (Lipinski definition) is 2. The minimum Gasteiger partial charge on any atom is -0.478 e. The number of aromatic carboxylic acids is 1. The van der Waals surface area contributed by atoms with Crippen LogP contribution >= 0.6 is 0 Å². The van der Waals surface area contributed by atoms with Crippen molar-refractivity contribution in [2.45, 2.75) is 32.7 Å². The normalized spacial score (nSPS) is 11.1. The van der Waals surface area contributed by atoms with Crippen LogP contribution in [0.5, 0.6) is 0 Å². The molecule has 0 aliphatic rings. The average Bonchev–Trinajstić information content (AvgIpc) is 2.37. The van der Waals surface area contributed by atoms with Crippen LogP contribution in [0.15, 0.2) is 18.2 Å². The van der Waals surface area contributed by atoms with E-state index in [1.807, 2.05) is 20.8 Å². The molecule has 6 heteroatoms. The number of benzene rings is 1. The number of halogens is 1. The first-order valence-corrected chi connectivity index (χ1v) is 6.26. The van der Waals surface area contributed by atoms with Crippen LogP contribution in [0.25, 0.3) is 0 Å². The molecule has 0 saturated heterocycles. The predicted molar refractivity (Wildman–Crippen MR) is 74.5 cm³/mol. The Kier molecular flexibility index (Phi) is 4.70. The maximum Gasteiger partial charge on any atom is 0.337 e. The van der Waals surface area contributed by atoms with Crippen LogP contribution < -0.4 is 5.32 Å². The molecule has 0 radical (unpaired) electrons. The summed E-state index contributed by atoms with van der Waals surface area (Å²) in [7, 11) is 1.61. The van der Waals surface area contributed by atoms with Crippen molar-refractivity contribution in [1.82, 2.24) is 4.90 Å².